The van der Waals surface area contributed by atoms with Crippen molar-refractivity contribution in [1.29, 1.82) is 0 Å². The maximum Gasteiger partial charge on any atom is 0.426 e. The molecule has 2 N–H and O–H groups in total. The number of rotatable bonds is 2. The van der Waals surface area contributed by atoms with E-state index < -0.39 is 11.7 Å². The topological polar surface area (TPSA) is 67.4 Å². The minimum Gasteiger partial charge on any atom is -0.443 e. The molecular weight excluding hydrogens is 148 g/mol. The van der Waals surface area contributed by atoms with E-state index in [1.165, 1.54) is 6.41 Å². The number of carbonyl (C=O) groups excluding carboxylic acids is 2. The molecule has 0 bridgehead atoms. The molecule has 0 aliphatic carbocycles. The second kappa shape index (κ2) is 3.80. The Hall–Kier alpha value is -1.26. The zero-order chi connectivity index (χ0) is 8.91. The molecule has 5 heteroatoms. The van der Waals surface area contributed by atoms with Crippen LogP contribution in [0.5, 0.6) is 0 Å². The summed E-state index contributed by atoms with van der Waals surface area (Å²) in [5.41, 5.74) is 3.23. The van der Waals surface area contributed by atoms with Crippen LogP contribution in [0.4, 0.5) is 4.79 Å². The first kappa shape index (κ1) is 9.74. The van der Waals surface area contributed by atoms with Crippen molar-refractivity contribution in [3.05, 3.63) is 0 Å². The lowest BCUT2D eigenvalue weighted by molar-refractivity contribution is 0.0512. The van der Waals surface area contributed by atoms with Gasteiger partial charge in [0.05, 0.1) is 0 Å². The van der Waals surface area contributed by atoms with Crippen molar-refractivity contribution in [3.8, 4) is 0 Å². The number of hydrogen-bond acceptors (Lipinski definition) is 3. The third kappa shape index (κ3) is 6.63. The number of carbonyl (C=O) groups is 1. The van der Waals surface area contributed by atoms with E-state index in [-0.39, 0.29) is 0 Å². The van der Waals surface area contributed by atoms with E-state index in [1.54, 1.807) is 20.8 Å². The van der Waals surface area contributed by atoms with Crippen molar-refractivity contribution in [1.82, 2.24) is 10.9 Å². The summed E-state index contributed by atoms with van der Waals surface area (Å²) >= 11 is 0. The molecule has 11 heavy (non-hydrogen) atoms. The summed E-state index contributed by atoms with van der Waals surface area (Å²) in [5, 5.41) is 0. The Kier molecular flexibility index (Phi) is 3.36. The SMILES string of the molecule is CC(C)(C)OC(=O)NN[C]=O. The van der Waals surface area contributed by atoms with E-state index in [0.29, 0.717) is 0 Å². The van der Waals surface area contributed by atoms with Crippen LogP contribution in [-0.4, -0.2) is 18.1 Å². The summed E-state index contributed by atoms with van der Waals surface area (Å²) in [4.78, 5) is 20.2. The van der Waals surface area contributed by atoms with Crippen LogP contribution in [0.15, 0.2) is 0 Å². The fourth-order valence-corrected chi connectivity index (χ4v) is 0.380. The number of nitrogens with one attached hydrogen (secondary N) is 2. The van der Waals surface area contributed by atoms with E-state index in [4.69, 9.17) is 4.74 Å². The molecule has 0 atom stereocenters. The first-order valence-electron chi connectivity index (χ1n) is 3.07. The zero-order valence-electron chi connectivity index (χ0n) is 6.72. The van der Waals surface area contributed by atoms with Gasteiger partial charge in [0.1, 0.15) is 5.60 Å². The van der Waals surface area contributed by atoms with Gasteiger partial charge in [0.2, 0.25) is 0 Å². The highest BCUT2D eigenvalue weighted by atomic mass is 16.6. The Labute approximate surface area is 65.1 Å². The molecule has 0 aromatic rings. The van der Waals surface area contributed by atoms with Crippen molar-refractivity contribution < 1.29 is 14.3 Å². The third-order valence-electron chi connectivity index (χ3n) is 0.614. The molecule has 63 valence electrons. The van der Waals surface area contributed by atoms with Gasteiger partial charge in [-0.2, -0.15) is 0 Å². The van der Waals surface area contributed by atoms with Crippen LogP contribution in [0.1, 0.15) is 20.8 Å². The lowest BCUT2D eigenvalue weighted by atomic mass is 10.2. The lowest BCUT2D eigenvalue weighted by Crippen LogP contribution is -2.40. The first-order chi connectivity index (χ1) is 4.95. The van der Waals surface area contributed by atoms with Gasteiger partial charge in [-0.3, -0.25) is 10.2 Å². The molecule has 0 aromatic carbocycles. The largest absolute Gasteiger partial charge is 0.443 e. The Morgan fingerprint density at radius 1 is 1.45 bits per heavy atom. The summed E-state index contributed by atoms with van der Waals surface area (Å²) in [7, 11) is 0. The summed E-state index contributed by atoms with van der Waals surface area (Å²) in [6.07, 6.45) is 0.565. The van der Waals surface area contributed by atoms with Crippen LogP contribution in [0.3, 0.4) is 0 Å². The molecule has 0 rings (SSSR count). The molecule has 0 saturated heterocycles. The second-order valence-corrected chi connectivity index (χ2v) is 2.85. The molecular formula is C6H11N2O3. The van der Waals surface area contributed by atoms with Crippen molar-refractivity contribution >= 4 is 12.5 Å². The highest BCUT2D eigenvalue weighted by Crippen LogP contribution is 2.05. The lowest BCUT2D eigenvalue weighted by Gasteiger charge is -2.18. The maximum absolute atomic E-state index is 10.6. The van der Waals surface area contributed by atoms with Crippen LogP contribution in [0, 0.1) is 0 Å². The van der Waals surface area contributed by atoms with Gasteiger partial charge in [-0.15, -0.1) is 0 Å². The molecule has 0 unspecified atom stereocenters. The molecule has 1 radical (unpaired) electrons. The minimum absolute atomic E-state index is 0.561. The van der Waals surface area contributed by atoms with Gasteiger partial charge < -0.3 is 4.74 Å². The van der Waals surface area contributed by atoms with Crippen molar-refractivity contribution in [2.45, 2.75) is 26.4 Å². The van der Waals surface area contributed by atoms with E-state index in [0.717, 1.165) is 0 Å². The number of hydrogen-bond donors (Lipinski definition) is 2. The molecule has 0 aliphatic heterocycles. The molecule has 0 heterocycles. The highest BCUT2D eigenvalue weighted by Gasteiger charge is 2.15. The van der Waals surface area contributed by atoms with Gasteiger partial charge in [0.15, 0.2) is 0 Å². The van der Waals surface area contributed by atoms with Gasteiger partial charge in [0, 0.05) is 0 Å². The number of hydrazine groups is 1. The summed E-state index contributed by atoms with van der Waals surface area (Å²) in [6.45, 7) is 5.16. The zero-order valence-corrected chi connectivity index (χ0v) is 6.72. The predicted octanol–water partition coefficient (Wildman–Crippen LogP) is 0.0829. The molecule has 0 aromatic heterocycles. The molecule has 2 amide bonds. The van der Waals surface area contributed by atoms with Crippen molar-refractivity contribution in [3.63, 3.8) is 0 Å². The molecule has 5 nitrogen and oxygen atoms in total. The summed E-state index contributed by atoms with van der Waals surface area (Å²) in [5.74, 6) is 0. The number of amides is 2. The van der Waals surface area contributed by atoms with E-state index >= 15 is 0 Å². The van der Waals surface area contributed by atoms with Gasteiger partial charge >= 0.3 is 12.5 Å². The average Bonchev–Trinajstić information content (AvgIpc) is 1.79. The fraction of sp³-hybridized carbons (Fsp3) is 0.667. The van der Waals surface area contributed by atoms with Crippen molar-refractivity contribution in [2.75, 3.05) is 0 Å². The fourth-order valence-electron chi connectivity index (χ4n) is 0.380. The minimum atomic E-state index is -0.708. The summed E-state index contributed by atoms with van der Waals surface area (Å²) < 4.78 is 4.75. The smallest absolute Gasteiger partial charge is 0.426 e. The average molecular weight is 159 g/mol. The van der Waals surface area contributed by atoms with Gasteiger partial charge in [-0.25, -0.2) is 10.2 Å². The van der Waals surface area contributed by atoms with E-state index in [1.807, 2.05) is 10.9 Å². The number of ether oxygens (including phenoxy) is 1. The Bertz CT molecular complexity index is 150. The van der Waals surface area contributed by atoms with Crippen LogP contribution in [0.2, 0.25) is 0 Å². The first-order valence-corrected chi connectivity index (χ1v) is 3.07. The maximum atomic E-state index is 10.6. The van der Waals surface area contributed by atoms with Gasteiger partial charge in [0.25, 0.3) is 0 Å². The van der Waals surface area contributed by atoms with Gasteiger partial charge in [-0.05, 0) is 20.8 Å². The normalized spacial score (nSPS) is 10.1. The molecule has 0 spiro atoms. The third-order valence-corrected chi connectivity index (χ3v) is 0.614. The van der Waals surface area contributed by atoms with E-state index in [2.05, 4.69) is 0 Å². The predicted molar refractivity (Wildman–Crippen MR) is 38.2 cm³/mol. The molecule has 0 aliphatic rings. The van der Waals surface area contributed by atoms with Crippen molar-refractivity contribution in [2.24, 2.45) is 0 Å². The highest BCUT2D eigenvalue weighted by molar-refractivity contribution is 5.69. The Morgan fingerprint density at radius 2 is 2.00 bits per heavy atom. The van der Waals surface area contributed by atoms with Crippen LogP contribution in [0.25, 0.3) is 0 Å². The van der Waals surface area contributed by atoms with Crippen LogP contribution in [-0.2, 0) is 9.53 Å². The Balaban J connectivity index is 3.61. The summed E-state index contributed by atoms with van der Waals surface area (Å²) in [6, 6.07) is 0. The van der Waals surface area contributed by atoms with Crippen LogP contribution >= 0.6 is 0 Å². The monoisotopic (exact) mass is 159 g/mol. The molecule has 0 saturated carbocycles. The van der Waals surface area contributed by atoms with E-state index in [9.17, 15) is 9.59 Å². The second-order valence-electron chi connectivity index (χ2n) is 2.85. The van der Waals surface area contributed by atoms with Gasteiger partial charge in [-0.1, -0.05) is 0 Å². The molecule has 0 fully saturated rings. The quantitative estimate of drug-likeness (QED) is 0.443. The Morgan fingerprint density at radius 3 is 2.36 bits per heavy atom. The van der Waals surface area contributed by atoms with Crippen LogP contribution < -0.4 is 10.9 Å². The standard InChI is InChI=1S/C6H11N2O3/c1-6(2,3)11-5(10)8-7-4-9/h1-3H3,(H,7,9)(H,8,10).